The number of hydrogen-bond acceptors (Lipinski definition) is 3. The molecule has 1 atom stereocenters. The summed E-state index contributed by atoms with van der Waals surface area (Å²) in [5.41, 5.74) is 2.80. The molecular weight excluding hydrogens is 266 g/mol. The number of carbonyl (C=O) groups is 1. The van der Waals surface area contributed by atoms with Crippen LogP contribution < -0.4 is 0 Å². The van der Waals surface area contributed by atoms with Gasteiger partial charge >= 0.3 is 0 Å². The molecule has 2 aromatic carbocycles. The molecule has 0 radical (unpaired) electrons. The molecule has 0 bridgehead atoms. The molecule has 0 unspecified atom stereocenters. The van der Waals surface area contributed by atoms with Crippen LogP contribution in [0.4, 0.5) is 0 Å². The average Bonchev–Trinajstić information content (AvgIpc) is 2.62. The maximum Gasteiger partial charge on any atom is 0.168 e. The van der Waals surface area contributed by atoms with E-state index in [1.165, 1.54) is 0 Å². The number of nitriles is 1. The predicted octanol–water partition coefficient (Wildman–Crippen LogP) is 4.20. The molecule has 0 aliphatic carbocycles. The minimum Gasteiger partial charge on any atom is -0.294 e. The first-order valence-corrected chi connectivity index (χ1v) is 7.33. The number of Topliss-reactive ketones (excluding diaryl/α,β-unsaturated/α-hetero) is 1. The number of fused-ring (bicyclic) bond motifs is 2. The Kier molecular flexibility index (Phi) is 3.33. The van der Waals surface area contributed by atoms with Crippen LogP contribution in [0.25, 0.3) is 0 Å². The van der Waals surface area contributed by atoms with Gasteiger partial charge in [-0.05, 0) is 30.2 Å². The number of benzene rings is 2. The molecule has 2 aromatic rings. The maximum atomic E-state index is 12.3. The average molecular weight is 279 g/mol. The first-order valence-electron chi connectivity index (χ1n) is 6.51. The summed E-state index contributed by atoms with van der Waals surface area (Å²) in [4.78, 5) is 14.5. The van der Waals surface area contributed by atoms with Gasteiger partial charge in [0.1, 0.15) is 0 Å². The summed E-state index contributed by atoms with van der Waals surface area (Å²) in [5, 5.41) is 9.02. The Balaban J connectivity index is 2.07. The second kappa shape index (κ2) is 5.15. The van der Waals surface area contributed by atoms with Crippen molar-refractivity contribution < 1.29 is 4.79 Å². The van der Waals surface area contributed by atoms with Crippen molar-refractivity contribution in [2.24, 2.45) is 0 Å². The largest absolute Gasteiger partial charge is 0.294 e. The van der Waals surface area contributed by atoms with Crippen LogP contribution in [0.15, 0.2) is 52.3 Å². The molecule has 3 rings (SSSR count). The molecule has 0 saturated carbocycles. The van der Waals surface area contributed by atoms with Gasteiger partial charge in [0.15, 0.2) is 5.78 Å². The SMILES string of the molecule is C[C@@H](C#N)c1ccc2c(c1)CC(=O)c1ccccc1S2. The summed E-state index contributed by atoms with van der Waals surface area (Å²) in [5.74, 6) is -0.000332. The molecule has 0 saturated heterocycles. The van der Waals surface area contributed by atoms with Gasteiger partial charge in [0, 0.05) is 21.8 Å². The lowest BCUT2D eigenvalue weighted by atomic mass is 9.97. The van der Waals surface area contributed by atoms with Gasteiger partial charge in [-0.2, -0.15) is 5.26 Å². The second-order valence-corrected chi connectivity index (χ2v) is 6.00. The van der Waals surface area contributed by atoms with E-state index in [1.54, 1.807) is 11.8 Å². The summed E-state index contributed by atoms with van der Waals surface area (Å²) in [6.45, 7) is 1.88. The Morgan fingerprint density at radius 3 is 2.80 bits per heavy atom. The lowest BCUT2D eigenvalue weighted by molar-refractivity contribution is 0.0990. The van der Waals surface area contributed by atoms with Gasteiger partial charge in [-0.15, -0.1) is 0 Å². The van der Waals surface area contributed by atoms with Gasteiger partial charge in [-0.25, -0.2) is 0 Å². The highest BCUT2D eigenvalue weighted by Gasteiger charge is 2.20. The lowest BCUT2D eigenvalue weighted by Crippen LogP contribution is -2.03. The van der Waals surface area contributed by atoms with E-state index in [9.17, 15) is 4.79 Å². The van der Waals surface area contributed by atoms with Crippen LogP contribution in [-0.2, 0) is 6.42 Å². The van der Waals surface area contributed by atoms with Crippen molar-refractivity contribution in [1.82, 2.24) is 0 Å². The van der Waals surface area contributed by atoms with E-state index in [2.05, 4.69) is 6.07 Å². The van der Waals surface area contributed by atoms with Crippen LogP contribution >= 0.6 is 11.8 Å². The summed E-state index contributed by atoms with van der Waals surface area (Å²) in [6, 6.07) is 16.0. The minimum absolute atomic E-state index is 0.147. The lowest BCUT2D eigenvalue weighted by Gasteiger charge is -2.09. The van der Waals surface area contributed by atoms with E-state index in [0.717, 1.165) is 26.5 Å². The molecule has 3 heteroatoms. The molecule has 0 spiro atoms. The van der Waals surface area contributed by atoms with Crippen LogP contribution in [0.1, 0.15) is 34.3 Å². The number of carbonyl (C=O) groups excluding carboxylic acids is 1. The zero-order valence-corrected chi connectivity index (χ0v) is 11.9. The Hall–Kier alpha value is -2.05. The summed E-state index contributed by atoms with van der Waals surface area (Å²) in [6.07, 6.45) is 0.408. The highest BCUT2D eigenvalue weighted by Crippen LogP contribution is 2.37. The van der Waals surface area contributed by atoms with Gasteiger partial charge in [-0.1, -0.05) is 42.1 Å². The summed E-state index contributed by atoms with van der Waals surface area (Å²) in [7, 11) is 0. The third-order valence-corrected chi connectivity index (χ3v) is 4.73. The first-order chi connectivity index (χ1) is 9.69. The van der Waals surface area contributed by atoms with Crippen LogP contribution in [0.2, 0.25) is 0 Å². The van der Waals surface area contributed by atoms with Crippen molar-refractivity contribution in [3.05, 3.63) is 59.2 Å². The van der Waals surface area contributed by atoms with Crippen molar-refractivity contribution in [3.8, 4) is 6.07 Å². The summed E-state index contributed by atoms with van der Waals surface area (Å²) >= 11 is 1.63. The fourth-order valence-corrected chi connectivity index (χ4v) is 3.43. The standard InChI is InChI=1S/C17H13NOS/c1-11(10-18)12-6-7-16-13(8-12)9-15(19)14-4-2-3-5-17(14)20-16/h2-8,11H,9H2,1H3/t11-/m0/s1. The third kappa shape index (κ3) is 2.23. The molecule has 0 N–H and O–H groups in total. The molecule has 1 heterocycles. The molecule has 20 heavy (non-hydrogen) atoms. The van der Waals surface area contributed by atoms with Crippen LogP contribution in [-0.4, -0.2) is 5.78 Å². The van der Waals surface area contributed by atoms with Crippen molar-refractivity contribution >= 4 is 17.5 Å². The second-order valence-electron chi connectivity index (χ2n) is 4.92. The Morgan fingerprint density at radius 2 is 2.00 bits per heavy atom. The molecule has 0 fully saturated rings. The fourth-order valence-electron chi connectivity index (χ4n) is 2.35. The number of rotatable bonds is 1. The number of nitrogens with zero attached hydrogens (tertiary/aromatic N) is 1. The molecule has 98 valence electrons. The fraction of sp³-hybridized carbons (Fsp3) is 0.176. The Bertz CT molecular complexity index is 730. The summed E-state index contributed by atoms with van der Waals surface area (Å²) < 4.78 is 0. The van der Waals surface area contributed by atoms with Crippen molar-refractivity contribution in [3.63, 3.8) is 0 Å². The van der Waals surface area contributed by atoms with Gasteiger partial charge in [-0.3, -0.25) is 4.79 Å². The van der Waals surface area contributed by atoms with E-state index < -0.39 is 0 Å². The van der Waals surface area contributed by atoms with E-state index in [0.29, 0.717) is 6.42 Å². The molecular formula is C17H13NOS. The van der Waals surface area contributed by atoms with Crippen molar-refractivity contribution in [1.29, 1.82) is 5.26 Å². The number of hydrogen-bond donors (Lipinski definition) is 0. The Labute approximate surface area is 122 Å². The van der Waals surface area contributed by atoms with E-state index in [1.807, 2.05) is 49.4 Å². The van der Waals surface area contributed by atoms with Crippen LogP contribution in [0, 0.1) is 11.3 Å². The van der Waals surface area contributed by atoms with Gasteiger partial charge in [0.05, 0.1) is 12.0 Å². The Morgan fingerprint density at radius 1 is 1.20 bits per heavy atom. The van der Waals surface area contributed by atoms with Crippen molar-refractivity contribution in [2.45, 2.75) is 29.1 Å². The number of ketones is 1. The zero-order valence-electron chi connectivity index (χ0n) is 11.1. The van der Waals surface area contributed by atoms with Crippen molar-refractivity contribution in [2.75, 3.05) is 0 Å². The van der Waals surface area contributed by atoms with E-state index >= 15 is 0 Å². The van der Waals surface area contributed by atoms with Crippen LogP contribution in [0.5, 0.6) is 0 Å². The van der Waals surface area contributed by atoms with Gasteiger partial charge in [0.25, 0.3) is 0 Å². The smallest absolute Gasteiger partial charge is 0.168 e. The molecule has 0 amide bonds. The molecule has 1 aliphatic heterocycles. The minimum atomic E-state index is -0.147. The first kappa shape index (κ1) is 13.0. The van der Waals surface area contributed by atoms with Gasteiger partial charge in [0.2, 0.25) is 0 Å². The highest BCUT2D eigenvalue weighted by molar-refractivity contribution is 7.99. The van der Waals surface area contributed by atoms with Crippen LogP contribution in [0.3, 0.4) is 0 Å². The molecule has 1 aliphatic rings. The molecule has 0 aromatic heterocycles. The van der Waals surface area contributed by atoms with E-state index in [4.69, 9.17) is 5.26 Å². The zero-order chi connectivity index (χ0) is 14.1. The quantitative estimate of drug-likeness (QED) is 0.785. The molecule has 2 nitrogen and oxygen atoms in total. The van der Waals surface area contributed by atoms with Gasteiger partial charge < -0.3 is 0 Å². The topological polar surface area (TPSA) is 40.9 Å². The normalized spacial score (nSPS) is 14.7. The predicted molar refractivity (Wildman–Crippen MR) is 79.1 cm³/mol. The highest BCUT2D eigenvalue weighted by atomic mass is 32.2. The maximum absolute atomic E-state index is 12.3. The monoisotopic (exact) mass is 279 g/mol. The third-order valence-electron chi connectivity index (χ3n) is 3.54. The van der Waals surface area contributed by atoms with E-state index in [-0.39, 0.29) is 11.7 Å².